The van der Waals surface area contributed by atoms with Gasteiger partial charge in [0.15, 0.2) is 6.29 Å². The number of carbonyl (C=O) groups is 1. The van der Waals surface area contributed by atoms with Crippen molar-refractivity contribution in [3.8, 4) is 5.88 Å². The zero-order valence-electron chi connectivity index (χ0n) is 5.44. The zero-order valence-corrected chi connectivity index (χ0v) is 5.44. The molecule has 0 atom stereocenters. The van der Waals surface area contributed by atoms with Crippen molar-refractivity contribution >= 4 is 6.29 Å². The Balaban J connectivity index is 2.90. The van der Waals surface area contributed by atoms with Gasteiger partial charge in [0.1, 0.15) is 5.69 Å². The average molecular weight is 138 g/mol. The Hall–Kier alpha value is -1.45. The first kappa shape index (κ1) is 6.67. The van der Waals surface area contributed by atoms with Gasteiger partial charge in [0, 0.05) is 6.07 Å². The van der Waals surface area contributed by atoms with E-state index in [-0.39, 0.29) is 0 Å². The number of ether oxygens (including phenoxy) is 1. The monoisotopic (exact) mass is 138 g/mol. The van der Waals surface area contributed by atoms with Crippen LogP contribution in [0.5, 0.6) is 5.88 Å². The second-order valence-electron chi connectivity index (χ2n) is 1.62. The van der Waals surface area contributed by atoms with Gasteiger partial charge in [-0.15, -0.1) is 10.2 Å². The van der Waals surface area contributed by atoms with E-state index in [1.54, 1.807) is 12.1 Å². The van der Waals surface area contributed by atoms with Crippen LogP contribution in [0.2, 0.25) is 0 Å². The van der Waals surface area contributed by atoms with Gasteiger partial charge in [0.25, 0.3) is 0 Å². The van der Waals surface area contributed by atoms with Crippen molar-refractivity contribution in [2.45, 2.75) is 0 Å². The van der Waals surface area contributed by atoms with Crippen molar-refractivity contribution in [3.63, 3.8) is 0 Å². The first-order valence-electron chi connectivity index (χ1n) is 2.69. The van der Waals surface area contributed by atoms with Crippen LogP contribution in [-0.2, 0) is 0 Å². The van der Waals surface area contributed by atoms with Gasteiger partial charge in [0.2, 0.25) is 5.88 Å². The smallest absolute Gasteiger partial charge is 0.233 e. The number of aromatic nitrogens is 2. The van der Waals surface area contributed by atoms with E-state index in [1.807, 2.05) is 0 Å². The first-order valence-corrected chi connectivity index (χ1v) is 2.69. The van der Waals surface area contributed by atoms with Gasteiger partial charge in [-0.3, -0.25) is 4.79 Å². The molecular formula is C6H6N2O2. The van der Waals surface area contributed by atoms with Crippen LogP contribution in [0.15, 0.2) is 12.1 Å². The molecule has 1 rings (SSSR count). The predicted octanol–water partition coefficient (Wildman–Crippen LogP) is 0.298. The van der Waals surface area contributed by atoms with Crippen LogP contribution in [0, 0.1) is 0 Å². The Morgan fingerprint density at radius 3 is 2.70 bits per heavy atom. The molecule has 0 radical (unpaired) electrons. The minimum absolute atomic E-state index is 0.306. The molecule has 0 spiro atoms. The summed E-state index contributed by atoms with van der Waals surface area (Å²) in [5.74, 6) is 0.408. The van der Waals surface area contributed by atoms with Crippen molar-refractivity contribution in [2.24, 2.45) is 0 Å². The maximum absolute atomic E-state index is 10.1. The molecule has 1 aromatic rings. The van der Waals surface area contributed by atoms with Gasteiger partial charge >= 0.3 is 0 Å². The van der Waals surface area contributed by atoms with E-state index in [0.717, 1.165) is 0 Å². The van der Waals surface area contributed by atoms with Crippen molar-refractivity contribution in [1.29, 1.82) is 0 Å². The molecular weight excluding hydrogens is 132 g/mol. The molecule has 0 fully saturated rings. The van der Waals surface area contributed by atoms with Crippen LogP contribution in [-0.4, -0.2) is 23.6 Å². The number of hydrogen-bond acceptors (Lipinski definition) is 4. The minimum atomic E-state index is 0.306. The summed E-state index contributed by atoms with van der Waals surface area (Å²) in [6, 6.07) is 3.12. The summed E-state index contributed by atoms with van der Waals surface area (Å²) in [7, 11) is 1.49. The van der Waals surface area contributed by atoms with Gasteiger partial charge in [-0.2, -0.15) is 0 Å². The van der Waals surface area contributed by atoms with Crippen LogP contribution in [0.25, 0.3) is 0 Å². The van der Waals surface area contributed by atoms with Crippen LogP contribution in [0.3, 0.4) is 0 Å². The lowest BCUT2D eigenvalue weighted by Gasteiger charge is -1.93. The van der Waals surface area contributed by atoms with E-state index >= 15 is 0 Å². The minimum Gasteiger partial charge on any atom is -0.480 e. The molecule has 4 nitrogen and oxygen atoms in total. The largest absolute Gasteiger partial charge is 0.480 e. The number of nitrogens with zero attached hydrogens (tertiary/aromatic N) is 2. The van der Waals surface area contributed by atoms with E-state index in [2.05, 4.69) is 10.2 Å². The third-order valence-corrected chi connectivity index (χ3v) is 0.991. The maximum Gasteiger partial charge on any atom is 0.233 e. The van der Waals surface area contributed by atoms with E-state index in [4.69, 9.17) is 4.74 Å². The third-order valence-electron chi connectivity index (χ3n) is 0.991. The van der Waals surface area contributed by atoms with Gasteiger partial charge in [-0.05, 0) is 6.07 Å². The van der Waals surface area contributed by atoms with Crippen LogP contribution >= 0.6 is 0 Å². The second-order valence-corrected chi connectivity index (χ2v) is 1.62. The highest BCUT2D eigenvalue weighted by molar-refractivity contribution is 5.71. The number of aldehydes is 1. The summed E-state index contributed by atoms with van der Waals surface area (Å²) in [4.78, 5) is 10.1. The molecule has 0 aliphatic heterocycles. The zero-order chi connectivity index (χ0) is 7.40. The molecule has 0 N–H and O–H groups in total. The number of carbonyl (C=O) groups excluding carboxylic acids is 1. The van der Waals surface area contributed by atoms with E-state index in [9.17, 15) is 4.79 Å². The number of rotatable bonds is 2. The van der Waals surface area contributed by atoms with Gasteiger partial charge in [-0.1, -0.05) is 0 Å². The highest BCUT2D eigenvalue weighted by atomic mass is 16.5. The summed E-state index contributed by atoms with van der Waals surface area (Å²) >= 11 is 0. The molecule has 10 heavy (non-hydrogen) atoms. The van der Waals surface area contributed by atoms with E-state index in [0.29, 0.717) is 17.9 Å². The van der Waals surface area contributed by atoms with Crippen LogP contribution in [0.4, 0.5) is 0 Å². The third kappa shape index (κ3) is 1.28. The lowest BCUT2D eigenvalue weighted by molar-refractivity contribution is 0.111. The summed E-state index contributed by atoms with van der Waals surface area (Å²) in [5.41, 5.74) is 0.306. The highest BCUT2D eigenvalue weighted by Crippen LogP contribution is 2.00. The predicted molar refractivity (Wildman–Crippen MR) is 34.0 cm³/mol. The molecule has 0 unspecified atom stereocenters. The molecule has 0 aromatic carbocycles. The lowest BCUT2D eigenvalue weighted by atomic mass is 10.4. The summed E-state index contributed by atoms with van der Waals surface area (Å²) in [6.07, 6.45) is 0.631. The molecule has 52 valence electrons. The Bertz CT molecular complexity index is 220. The number of hydrogen-bond donors (Lipinski definition) is 0. The van der Waals surface area contributed by atoms with Crippen molar-refractivity contribution < 1.29 is 9.53 Å². The molecule has 0 aliphatic rings. The second kappa shape index (κ2) is 2.91. The molecule has 0 amide bonds. The topological polar surface area (TPSA) is 52.1 Å². The Kier molecular flexibility index (Phi) is 1.94. The fourth-order valence-corrected chi connectivity index (χ4v) is 0.502. The quantitative estimate of drug-likeness (QED) is 0.551. The molecule has 0 saturated heterocycles. The standard InChI is InChI=1S/C6H6N2O2/c1-10-6-3-2-5(4-9)7-8-6/h2-4H,1H3. The molecule has 4 heteroatoms. The van der Waals surface area contributed by atoms with Crippen molar-refractivity contribution in [2.75, 3.05) is 7.11 Å². The van der Waals surface area contributed by atoms with E-state index < -0.39 is 0 Å². The Morgan fingerprint density at radius 2 is 2.30 bits per heavy atom. The SMILES string of the molecule is COc1ccc(C=O)nn1. The highest BCUT2D eigenvalue weighted by Gasteiger charge is 1.92. The van der Waals surface area contributed by atoms with Gasteiger partial charge < -0.3 is 4.74 Å². The van der Waals surface area contributed by atoms with Gasteiger partial charge in [-0.25, -0.2) is 0 Å². The lowest BCUT2D eigenvalue weighted by Crippen LogP contribution is -1.93. The Morgan fingerprint density at radius 1 is 1.50 bits per heavy atom. The van der Waals surface area contributed by atoms with E-state index in [1.165, 1.54) is 7.11 Å². The summed E-state index contributed by atoms with van der Waals surface area (Å²) < 4.78 is 4.72. The molecule has 1 aromatic heterocycles. The van der Waals surface area contributed by atoms with Crippen LogP contribution < -0.4 is 4.74 Å². The first-order chi connectivity index (χ1) is 4.86. The molecule has 0 saturated carbocycles. The number of methoxy groups -OCH3 is 1. The normalized spacial score (nSPS) is 8.90. The molecule has 1 heterocycles. The fourth-order valence-electron chi connectivity index (χ4n) is 0.502. The van der Waals surface area contributed by atoms with Gasteiger partial charge in [0.05, 0.1) is 7.11 Å². The van der Waals surface area contributed by atoms with Crippen molar-refractivity contribution in [3.05, 3.63) is 17.8 Å². The fraction of sp³-hybridized carbons (Fsp3) is 0.167. The van der Waals surface area contributed by atoms with Crippen LogP contribution in [0.1, 0.15) is 10.5 Å². The van der Waals surface area contributed by atoms with Crippen molar-refractivity contribution in [1.82, 2.24) is 10.2 Å². The molecule has 0 aliphatic carbocycles. The maximum atomic E-state index is 10.1. The Labute approximate surface area is 57.8 Å². The average Bonchev–Trinajstić information content (AvgIpc) is 2.05. The summed E-state index contributed by atoms with van der Waals surface area (Å²) in [5, 5.41) is 7.09. The molecule has 0 bridgehead atoms. The summed E-state index contributed by atoms with van der Waals surface area (Å²) in [6.45, 7) is 0.